The van der Waals surface area contributed by atoms with Gasteiger partial charge in [-0.15, -0.1) is 0 Å². The predicted molar refractivity (Wildman–Crippen MR) is 127 cm³/mol. The van der Waals surface area contributed by atoms with E-state index in [0.29, 0.717) is 25.1 Å². The molecular weight excluding hydrogens is 492 g/mol. The topological polar surface area (TPSA) is 286 Å². The Hall–Kier alpha value is -4.05. The van der Waals surface area contributed by atoms with Crippen LogP contribution in [0.4, 0.5) is 0 Å². The van der Waals surface area contributed by atoms with E-state index in [1.54, 1.807) is 0 Å². The molecule has 0 aliphatic rings. The van der Waals surface area contributed by atoms with Crippen molar-refractivity contribution >= 4 is 35.6 Å². The van der Waals surface area contributed by atoms with Gasteiger partial charge in [0, 0.05) is 24.7 Å². The number of carbonyl (C=O) groups excluding carboxylic acids is 4. The standard InChI is InChI=1S/C21H34N8O8/c22-6-2-1-3-14(21(36)37)28-19(34)13(4-5-17(31)32)27-20(35)15(8-16(24)30)29-18(33)12(23)7-11-9-25-10-26-11/h9-10,12-15H,1-8,22-23H2,(H2,24,30)(H,25,26)(H,27,35)(H,28,34)(H,29,33)(H,31,32)(H,36,37). The number of carboxylic acid groups (broad SMARTS) is 2. The van der Waals surface area contributed by atoms with Crippen LogP contribution < -0.4 is 33.2 Å². The van der Waals surface area contributed by atoms with Gasteiger partial charge in [-0.2, -0.15) is 0 Å². The number of nitrogens with two attached hydrogens (primary N) is 3. The number of carboxylic acids is 2. The van der Waals surface area contributed by atoms with Crippen molar-refractivity contribution in [3.63, 3.8) is 0 Å². The van der Waals surface area contributed by atoms with E-state index in [4.69, 9.17) is 22.3 Å². The average Bonchev–Trinajstić information content (AvgIpc) is 3.32. The van der Waals surface area contributed by atoms with Gasteiger partial charge in [-0.3, -0.25) is 24.0 Å². The van der Waals surface area contributed by atoms with Crippen molar-refractivity contribution in [1.82, 2.24) is 25.9 Å². The maximum absolute atomic E-state index is 12.9. The van der Waals surface area contributed by atoms with Gasteiger partial charge in [0.25, 0.3) is 0 Å². The third-order valence-corrected chi connectivity index (χ3v) is 5.21. The van der Waals surface area contributed by atoms with Gasteiger partial charge in [0.05, 0.1) is 18.8 Å². The van der Waals surface area contributed by atoms with E-state index in [1.807, 2.05) is 0 Å². The quantitative estimate of drug-likeness (QED) is 0.0853. The second kappa shape index (κ2) is 15.8. The number of imidazole rings is 1. The van der Waals surface area contributed by atoms with Crippen LogP contribution in [0.5, 0.6) is 0 Å². The minimum atomic E-state index is -1.53. The number of aromatic amines is 1. The summed E-state index contributed by atoms with van der Waals surface area (Å²) >= 11 is 0. The Balaban J connectivity index is 2.96. The first-order valence-corrected chi connectivity index (χ1v) is 11.5. The van der Waals surface area contributed by atoms with Crippen molar-refractivity contribution < 1.29 is 39.0 Å². The molecule has 0 fully saturated rings. The van der Waals surface area contributed by atoms with Crippen molar-refractivity contribution in [3.8, 4) is 0 Å². The lowest BCUT2D eigenvalue weighted by Gasteiger charge is -2.24. The lowest BCUT2D eigenvalue weighted by atomic mass is 10.1. The Kier molecular flexibility index (Phi) is 13.3. The number of primary amides is 1. The lowest BCUT2D eigenvalue weighted by molar-refractivity contribution is -0.143. The first kappa shape index (κ1) is 31.0. The molecule has 1 heterocycles. The van der Waals surface area contributed by atoms with Gasteiger partial charge in [0.2, 0.25) is 23.6 Å². The van der Waals surface area contributed by atoms with E-state index < -0.39 is 79.0 Å². The van der Waals surface area contributed by atoms with E-state index in [9.17, 15) is 33.9 Å². The minimum absolute atomic E-state index is 0.0428. The highest BCUT2D eigenvalue weighted by molar-refractivity contribution is 5.96. The number of aromatic nitrogens is 2. The van der Waals surface area contributed by atoms with Gasteiger partial charge >= 0.3 is 11.9 Å². The zero-order valence-electron chi connectivity index (χ0n) is 20.1. The summed E-state index contributed by atoms with van der Waals surface area (Å²) in [6.07, 6.45) is 2.31. The SMILES string of the molecule is NCCCCC(NC(=O)C(CCC(=O)O)NC(=O)C(CC(N)=O)NC(=O)C(N)Cc1cnc[nH]1)C(=O)O. The molecule has 0 aliphatic carbocycles. The van der Waals surface area contributed by atoms with Gasteiger partial charge in [0.15, 0.2) is 0 Å². The van der Waals surface area contributed by atoms with Crippen LogP contribution in [0.25, 0.3) is 0 Å². The summed E-state index contributed by atoms with van der Waals surface area (Å²) < 4.78 is 0. The van der Waals surface area contributed by atoms with Crippen molar-refractivity contribution in [2.45, 2.75) is 69.1 Å². The molecule has 0 spiro atoms. The van der Waals surface area contributed by atoms with Crippen molar-refractivity contribution in [1.29, 1.82) is 0 Å². The number of rotatable bonds is 18. The maximum atomic E-state index is 12.9. The lowest BCUT2D eigenvalue weighted by Crippen LogP contribution is -2.58. The third kappa shape index (κ3) is 12.0. The van der Waals surface area contributed by atoms with E-state index in [0.717, 1.165) is 0 Å². The second-order valence-electron chi connectivity index (χ2n) is 8.30. The fourth-order valence-electron chi connectivity index (χ4n) is 3.25. The van der Waals surface area contributed by atoms with Crippen molar-refractivity contribution in [2.75, 3.05) is 6.54 Å². The Bertz CT molecular complexity index is 939. The fraction of sp³-hybridized carbons (Fsp3) is 0.571. The average molecular weight is 527 g/mol. The largest absolute Gasteiger partial charge is 0.481 e. The van der Waals surface area contributed by atoms with Crippen LogP contribution in [0, 0.1) is 0 Å². The fourth-order valence-corrected chi connectivity index (χ4v) is 3.25. The molecule has 1 aromatic rings. The Morgan fingerprint density at radius 2 is 1.54 bits per heavy atom. The van der Waals surface area contributed by atoms with Gasteiger partial charge in [-0.05, 0) is 32.2 Å². The molecule has 0 aliphatic heterocycles. The number of nitrogens with one attached hydrogen (secondary N) is 4. The minimum Gasteiger partial charge on any atom is -0.481 e. The number of H-pyrrole nitrogens is 1. The molecule has 4 atom stereocenters. The monoisotopic (exact) mass is 526 g/mol. The molecule has 1 aromatic heterocycles. The number of nitrogens with zero attached hydrogens (tertiary/aromatic N) is 1. The molecule has 0 radical (unpaired) electrons. The Morgan fingerprint density at radius 1 is 0.919 bits per heavy atom. The highest BCUT2D eigenvalue weighted by Gasteiger charge is 2.31. The van der Waals surface area contributed by atoms with Crippen LogP contribution in [0.1, 0.15) is 44.2 Å². The molecule has 0 bridgehead atoms. The summed E-state index contributed by atoms with van der Waals surface area (Å²) in [5, 5.41) is 25.2. The molecule has 0 saturated heterocycles. The third-order valence-electron chi connectivity index (χ3n) is 5.21. The molecule has 37 heavy (non-hydrogen) atoms. The normalized spacial score (nSPS) is 14.0. The van der Waals surface area contributed by atoms with Crippen LogP contribution in [0.2, 0.25) is 0 Å². The molecule has 4 amide bonds. The molecule has 1 rings (SSSR count). The van der Waals surface area contributed by atoms with E-state index in [-0.39, 0.29) is 12.8 Å². The molecule has 12 N–H and O–H groups in total. The summed E-state index contributed by atoms with van der Waals surface area (Å²) in [4.78, 5) is 78.9. The summed E-state index contributed by atoms with van der Waals surface area (Å²) in [7, 11) is 0. The molecule has 16 nitrogen and oxygen atoms in total. The number of amides is 4. The van der Waals surface area contributed by atoms with Gasteiger partial charge in [-0.25, -0.2) is 9.78 Å². The number of hydrogen-bond donors (Lipinski definition) is 9. The molecule has 206 valence electrons. The van der Waals surface area contributed by atoms with E-state index in [1.165, 1.54) is 12.5 Å². The predicted octanol–water partition coefficient (Wildman–Crippen LogP) is -3.31. The highest BCUT2D eigenvalue weighted by atomic mass is 16.4. The van der Waals surface area contributed by atoms with Gasteiger partial charge in [0.1, 0.15) is 18.1 Å². The summed E-state index contributed by atoms with van der Waals surface area (Å²) in [5.41, 5.74) is 17.0. The number of aliphatic carboxylic acids is 2. The summed E-state index contributed by atoms with van der Waals surface area (Å²) in [6, 6.07) is -5.44. The summed E-state index contributed by atoms with van der Waals surface area (Å²) in [5.74, 6) is -6.29. The molecule has 4 unspecified atom stereocenters. The van der Waals surface area contributed by atoms with Crippen LogP contribution in [-0.4, -0.2) is 86.5 Å². The highest BCUT2D eigenvalue weighted by Crippen LogP contribution is 2.06. The van der Waals surface area contributed by atoms with Crippen LogP contribution in [0.15, 0.2) is 12.5 Å². The zero-order chi connectivity index (χ0) is 28.0. The molecule has 0 aromatic carbocycles. The van der Waals surface area contributed by atoms with Crippen molar-refractivity contribution in [3.05, 3.63) is 18.2 Å². The van der Waals surface area contributed by atoms with E-state index >= 15 is 0 Å². The second-order valence-corrected chi connectivity index (χ2v) is 8.30. The van der Waals surface area contributed by atoms with Crippen molar-refractivity contribution in [2.24, 2.45) is 17.2 Å². The van der Waals surface area contributed by atoms with Crippen LogP contribution >= 0.6 is 0 Å². The molecule has 0 saturated carbocycles. The Labute approximate surface area is 212 Å². The molecular formula is C21H34N8O8. The van der Waals surface area contributed by atoms with Crippen LogP contribution in [-0.2, 0) is 35.2 Å². The number of unbranched alkanes of at least 4 members (excludes halogenated alkanes) is 1. The summed E-state index contributed by atoms with van der Waals surface area (Å²) in [6.45, 7) is 0.329. The zero-order valence-corrected chi connectivity index (χ0v) is 20.1. The van der Waals surface area contributed by atoms with E-state index in [2.05, 4.69) is 25.9 Å². The number of carbonyl (C=O) groups is 6. The maximum Gasteiger partial charge on any atom is 0.326 e. The smallest absolute Gasteiger partial charge is 0.326 e. The van der Waals surface area contributed by atoms with Crippen LogP contribution in [0.3, 0.4) is 0 Å². The first-order valence-electron chi connectivity index (χ1n) is 11.5. The van der Waals surface area contributed by atoms with Gasteiger partial charge < -0.3 is 48.3 Å². The first-order chi connectivity index (χ1) is 17.4. The Morgan fingerprint density at radius 3 is 2.08 bits per heavy atom. The number of hydrogen-bond acceptors (Lipinski definition) is 9. The van der Waals surface area contributed by atoms with Gasteiger partial charge in [-0.1, -0.05) is 0 Å². The molecule has 16 heteroatoms.